The van der Waals surface area contributed by atoms with Crippen LogP contribution in [0.2, 0.25) is 0 Å². The van der Waals surface area contributed by atoms with Crippen LogP contribution in [-0.2, 0) is 6.54 Å². The van der Waals surface area contributed by atoms with Crippen LogP contribution in [0.1, 0.15) is 12.5 Å². The summed E-state index contributed by atoms with van der Waals surface area (Å²) >= 11 is 0. The third-order valence-electron chi connectivity index (χ3n) is 3.84. The summed E-state index contributed by atoms with van der Waals surface area (Å²) in [6.07, 6.45) is -0.267. The van der Waals surface area contributed by atoms with Crippen molar-refractivity contribution in [2.24, 2.45) is 0 Å². The van der Waals surface area contributed by atoms with Crippen molar-refractivity contribution < 1.29 is 5.11 Å². The van der Waals surface area contributed by atoms with Crippen LogP contribution in [0.15, 0.2) is 30.3 Å². The van der Waals surface area contributed by atoms with Gasteiger partial charge in [-0.25, -0.2) is 0 Å². The van der Waals surface area contributed by atoms with Gasteiger partial charge >= 0.3 is 0 Å². The zero-order chi connectivity index (χ0) is 14.2. The van der Waals surface area contributed by atoms with Gasteiger partial charge in [0.2, 0.25) is 0 Å². The molecule has 4 heteroatoms. The Kier molecular flexibility index (Phi) is 6.47. The number of nitrogens with zero attached hydrogens (tertiary/aromatic N) is 2. The summed E-state index contributed by atoms with van der Waals surface area (Å²) < 4.78 is 0. The highest BCUT2D eigenvalue weighted by molar-refractivity contribution is 5.14. The number of aliphatic hydroxyl groups excluding tert-OH is 1. The Bertz CT molecular complexity index is 365. The minimum atomic E-state index is -0.267. The second kappa shape index (κ2) is 8.37. The first-order chi connectivity index (χ1) is 9.78. The molecule has 1 atom stereocenters. The summed E-state index contributed by atoms with van der Waals surface area (Å²) in [4.78, 5) is 4.65. The molecule has 0 aliphatic carbocycles. The van der Waals surface area contributed by atoms with E-state index in [0.29, 0.717) is 0 Å². The van der Waals surface area contributed by atoms with Gasteiger partial charge in [-0.3, -0.25) is 9.80 Å². The molecule has 2 N–H and O–H groups in total. The van der Waals surface area contributed by atoms with E-state index in [1.165, 1.54) is 5.56 Å². The summed E-state index contributed by atoms with van der Waals surface area (Å²) in [5.74, 6) is 0. The van der Waals surface area contributed by atoms with Crippen molar-refractivity contribution in [3.8, 4) is 0 Å². The van der Waals surface area contributed by atoms with E-state index in [2.05, 4.69) is 46.3 Å². The van der Waals surface area contributed by atoms with Gasteiger partial charge in [-0.2, -0.15) is 0 Å². The van der Waals surface area contributed by atoms with Gasteiger partial charge in [0.1, 0.15) is 0 Å². The molecule has 0 aromatic heterocycles. The Morgan fingerprint density at radius 1 is 1.25 bits per heavy atom. The molecular weight excluding hydrogens is 250 g/mol. The van der Waals surface area contributed by atoms with E-state index >= 15 is 0 Å². The first-order valence-corrected chi connectivity index (χ1v) is 7.65. The van der Waals surface area contributed by atoms with Gasteiger partial charge in [0.15, 0.2) is 0 Å². The van der Waals surface area contributed by atoms with Crippen molar-refractivity contribution in [2.75, 3.05) is 45.8 Å². The van der Waals surface area contributed by atoms with Crippen LogP contribution >= 0.6 is 0 Å². The van der Waals surface area contributed by atoms with Crippen molar-refractivity contribution in [2.45, 2.75) is 19.6 Å². The predicted octanol–water partition coefficient (Wildman–Crippen LogP) is 0.775. The van der Waals surface area contributed by atoms with Crippen molar-refractivity contribution in [3.05, 3.63) is 35.9 Å². The predicted molar refractivity (Wildman–Crippen MR) is 82.7 cm³/mol. The average Bonchev–Trinajstić information content (AvgIpc) is 2.48. The van der Waals surface area contributed by atoms with Crippen molar-refractivity contribution in [1.82, 2.24) is 15.1 Å². The minimum Gasteiger partial charge on any atom is -0.390 e. The summed E-state index contributed by atoms with van der Waals surface area (Å²) in [5, 5.41) is 13.6. The van der Waals surface area contributed by atoms with Gasteiger partial charge in [0.05, 0.1) is 6.10 Å². The summed E-state index contributed by atoms with van der Waals surface area (Å²) in [5.41, 5.74) is 1.31. The third-order valence-corrected chi connectivity index (χ3v) is 3.84. The fourth-order valence-corrected chi connectivity index (χ4v) is 2.69. The number of likely N-dealkylation sites (N-methyl/N-ethyl adjacent to an activating group) is 1. The number of rotatable bonds is 7. The number of hydrogen-bond acceptors (Lipinski definition) is 4. The fraction of sp³-hybridized carbons (Fsp3) is 0.625. The van der Waals surface area contributed by atoms with Crippen LogP contribution in [0, 0.1) is 0 Å². The Hall–Kier alpha value is -0.940. The maximum atomic E-state index is 10.3. The molecule has 1 aromatic rings. The van der Waals surface area contributed by atoms with Gasteiger partial charge in [-0.1, -0.05) is 37.3 Å². The first kappa shape index (κ1) is 15.4. The summed E-state index contributed by atoms with van der Waals surface area (Å²) in [7, 11) is 0. The molecule has 1 fully saturated rings. The highest BCUT2D eigenvalue weighted by Crippen LogP contribution is 2.06. The van der Waals surface area contributed by atoms with E-state index in [1.54, 1.807) is 0 Å². The van der Waals surface area contributed by atoms with Crippen LogP contribution < -0.4 is 5.32 Å². The highest BCUT2D eigenvalue weighted by Gasteiger charge is 2.16. The number of aliphatic hydroxyl groups is 1. The first-order valence-electron chi connectivity index (χ1n) is 7.65. The average molecular weight is 277 g/mol. The molecule has 4 nitrogen and oxygen atoms in total. The molecule has 0 amide bonds. The van der Waals surface area contributed by atoms with Crippen LogP contribution in [0.5, 0.6) is 0 Å². The van der Waals surface area contributed by atoms with Gasteiger partial charge in [-0.05, 0) is 12.1 Å². The lowest BCUT2D eigenvalue weighted by Gasteiger charge is -2.31. The van der Waals surface area contributed by atoms with Gasteiger partial charge in [0, 0.05) is 45.8 Å². The quantitative estimate of drug-likeness (QED) is 0.772. The Morgan fingerprint density at radius 3 is 2.60 bits per heavy atom. The number of nitrogens with one attached hydrogen (secondary N) is 1. The molecule has 2 rings (SSSR count). The number of benzene rings is 1. The van der Waals surface area contributed by atoms with Crippen molar-refractivity contribution in [1.29, 1.82) is 0 Å². The molecule has 1 aromatic carbocycles. The Balaban J connectivity index is 1.76. The fourth-order valence-electron chi connectivity index (χ4n) is 2.69. The zero-order valence-corrected chi connectivity index (χ0v) is 12.5. The normalized spacial score (nSPS) is 18.4. The molecule has 1 heterocycles. The lowest BCUT2D eigenvalue weighted by molar-refractivity contribution is 0.0687. The van der Waals surface area contributed by atoms with Gasteiger partial charge in [0.25, 0.3) is 0 Å². The van der Waals surface area contributed by atoms with Gasteiger partial charge < -0.3 is 10.4 Å². The molecular formula is C16H27N3O. The van der Waals surface area contributed by atoms with Crippen LogP contribution in [0.4, 0.5) is 0 Å². The summed E-state index contributed by atoms with van der Waals surface area (Å²) in [6.45, 7) is 9.72. The monoisotopic (exact) mass is 277 g/mol. The topological polar surface area (TPSA) is 38.7 Å². The molecule has 1 aliphatic heterocycles. The molecule has 0 radical (unpaired) electrons. The Morgan fingerprint density at radius 2 is 1.95 bits per heavy atom. The lowest BCUT2D eigenvalue weighted by Crippen LogP contribution is -2.48. The van der Waals surface area contributed by atoms with Crippen molar-refractivity contribution >= 4 is 0 Å². The number of β-amino-alcohol motifs (C(OH)–C–C–N with tert-alkyl or cyclic N) is 1. The van der Waals surface area contributed by atoms with Crippen LogP contribution in [0.3, 0.4) is 0 Å². The molecule has 1 unspecified atom stereocenters. The lowest BCUT2D eigenvalue weighted by atomic mass is 10.2. The molecule has 112 valence electrons. The van der Waals surface area contributed by atoms with Gasteiger partial charge in [-0.15, -0.1) is 0 Å². The number of piperazine rings is 1. The van der Waals surface area contributed by atoms with E-state index in [9.17, 15) is 5.11 Å². The molecule has 1 saturated heterocycles. The molecule has 0 bridgehead atoms. The zero-order valence-electron chi connectivity index (χ0n) is 12.5. The SMILES string of the molecule is CCN(Cc1ccccc1)CC(O)CN1CCNCC1. The maximum absolute atomic E-state index is 10.3. The number of hydrogen-bond donors (Lipinski definition) is 2. The van der Waals surface area contributed by atoms with E-state index in [1.807, 2.05) is 6.07 Å². The molecule has 20 heavy (non-hydrogen) atoms. The Labute approximate surface area is 122 Å². The standard InChI is InChI=1S/C16H27N3O/c1-2-18(12-15-6-4-3-5-7-15)13-16(20)14-19-10-8-17-9-11-19/h3-7,16-17,20H,2,8-14H2,1H3. The maximum Gasteiger partial charge on any atom is 0.0793 e. The van der Waals surface area contributed by atoms with E-state index < -0.39 is 0 Å². The molecule has 1 aliphatic rings. The summed E-state index contributed by atoms with van der Waals surface area (Å²) in [6, 6.07) is 10.5. The van der Waals surface area contributed by atoms with Crippen molar-refractivity contribution in [3.63, 3.8) is 0 Å². The molecule has 0 saturated carbocycles. The van der Waals surface area contributed by atoms with E-state index in [0.717, 1.165) is 52.4 Å². The highest BCUT2D eigenvalue weighted by atomic mass is 16.3. The second-order valence-corrected chi connectivity index (χ2v) is 5.52. The van der Waals surface area contributed by atoms with E-state index in [4.69, 9.17) is 0 Å². The van der Waals surface area contributed by atoms with E-state index in [-0.39, 0.29) is 6.10 Å². The third kappa shape index (κ3) is 5.21. The largest absolute Gasteiger partial charge is 0.390 e. The second-order valence-electron chi connectivity index (χ2n) is 5.52. The smallest absolute Gasteiger partial charge is 0.0793 e. The van der Waals surface area contributed by atoms with Crippen LogP contribution in [0.25, 0.3) is 0 Å². The van der Waals surface area contributed by atoms with Crippen LogP contribution in [-0.4, -0.2) is 66.8 Å². The molecule has 0 spiro atoms. The minimum absolute atomic E-state index is 0.267.